The summed E-state index contributed by atoms with van der Waals surface area (Å²) in [6.45, 7) is 54.2. The van der Waals surface area contributed by atoms with Gasteiger partial charge in [0.05, 0.1) is 19.7 Å². The van der Waals surface area contributed by atoms with E-state index in [1.54, 1.807) is 12.2 Å². The van der Waals surface area contributed by atoms with Crippen molar-refractivity contribution in [1.29, 1.82) is 0 Å². The van der Waals surface area contributed by atoms with Crippen LogP contribution in [0.15, 0.2) is 70.3 Å². The van der Waals surface area contributed by atoms with E-state index < -0.39 is 37.9 Å². The van der Waals surface area contributed by atoms with Crippen molar-refractivity contribution in [1.82, 2.24) is 15.1 Å². The Hall–Kier alpha value is -4.89. The van der Waals surface area contributed by atoms with Crippen LogP contribution in [0.2, 0.25) is 0 Å². The second-order valence-corrected chi connectivity index (χ2v) is 21.4. The molecule has 0 fully saturated rings. The molecule has 0 spiro atoms. The van der Waals surface area contributed by atoms with Crippen LogP contribution in [0.5, 0.6) is 0 Å². The molecule has 12 heteroatoms. The van der Waals surface area contributed by atoms with Gasteiger partial charge in [0, 0.05) is 82.6 Å². The Balaban J connectivity index is 0.000000245. The monoisotopic (exact) mass is 852 g/mol. The van der Waals surface area contributed by atoms with E-state index >= 15 is 0 Å². The maximum absolute atomic E-state index is 12.6. The molecule has 0 radical (unpaired) electrons. The molecule has 0 saturated carbocycles. The molecule has 11 nitrogen and oxygen atoms in total. The van der Waals surface area contributed by atoms with Crippen molar-refractivity contribution in [3.05, 3.63) is 105 Å². The lowest BCUT2D eigenvalue weighted by molar-refractivity contribution is -0.141. The smallest absolute Gasteiger partial charge is 0.228 e. The average Bonchev–Trinajstić information content (AvgIpc) is 3.15. The number of nitrogens with zero attached hydrogens (tertiary/aromatic N) is 5. The molecule has 3 atom stereocenters. The molecule has 0 aromatic rings. The van der Waals surface area contributed by atoms with Gasteiger partial charge in [0.1, 0.15) is 0 Å². The van der Waals surface area contributed by atoms with E-state index in [1.165, 1.54) is 0 Å². The minimum absolute atomic E-state index is 0. The van der Waals surface area contributed by atoms with E-state index in [0.717, 1.165) is 29.8 Å². The molecule has 61 heavy (non-hydrogen) atoms. The van der Waals surface area contributed by atoms with Crippen molar-refractivity contribution in [2.75, 3.05) is 39.3 Å². The van der Waals surface area contributed by atoms with Crippen molar-refractivity contribution in [3.63, 3.8) is 0 Å². The number of hydrogen-bond acceptors (Lipinski definition) is 6. The molecule has 6 aliphatic rings. The molecular formula is C49H65ClN6O5. The predicted octanol–water partition coefficient (Wildman–Crippen LogP) is 8.80. The normalized spacial score (nSPS) is 28.3. The van der Waals surface area contributed by atoms with Gasteiger partial charge in [-0.2, -0.15) is 0 Å². The van der Waals surface area contributed by atoms with Gasteiger partial charge in [-0.15, -0.1) is 12.4 Å². The highest BCUT2D eigenvalue weighted by Crippen LogP contribution is 2.52. The Labute approximate surface area is 370 Å². The zero-order chi connectivity index (χ0) is 45.8. The number of allylic oxidation sites excluding steroid dienone is 3. The minimum Gasteiger partial charge on any atom is -0.337 e. The van der Waals surface area contributed by atoms with Crippen LogP contribution in [0.25, 0.3) is 14.5 Å². The maximum atomic E-state index is 12.6. The van der Waals surface area contributed by atoms with Crippen molar-refractivity contribution in [2.45, 2.75) is 104 Å². The van der Waals surface area contributed by atoms with Crippen molar-refractivity contribution in [2.24, 2.45) is 43.3 Å². The summed E-state index contributed by atoms with van der Waals surface area (Å²) in [5, 5.41) is 3.29. The summed E-state index contributed by atoms with van der Waals surface area (Å²) in [7, 11) is 0. The van der Waals surface area contributed by atoms with Crippen LogP contribution in [0.1, 0.15) is 104 Å². The summed E-state index contributed by atoms with van der Waals surface area (Å²) in [4.78, 5) is 76.0. The Morgan fingerprint density at radius 2 is 0.852 bits per heavy atom. The van der Waals surface area contributed by atoms with Crippen LogP contribution in [0, 0.1) is 63.0 Å². The van der Waals surface area contributed by atoms with Crippen LogP contribution >= 0.6 is 12.4 Å². The number of amides is 2. The van der Waals surface area contributed by atoms with Gasteiger partial charge in [-0.1, -0.05) is 157 Å². The fourth-order valence-electron chi connectivity index (χ4n) is 10.0. The fourth-order valence-corrected chi connectivity index (χ4v) is 10.0. The zero-order valence-corrected chi connectivity index (χ0v) is 39.7. The zero-order valence-electron chi connectivity index (χ0n) is 38.9. The first-order chi connectivity index (χ1) is 27.3. The number of carbonyl (C=O) groups is 5. The number of nitrogens with one attached hydrogen (secondary N) is 1. The summed E-state index contributed by atoms with van der Waals surface area (Å²) in [6.07, 6.45) is 11.4. The summed E-state index contributed by atoms with van der Waals surface area (Å²) < 4.78 is 0. The first kappa shape index (κ1) is 50.5. The first-order valence-corrected chi connectivity index (χ1v) is 20.7. The number of rotatable bonds is 0. The number of carbonyl (C=O) groups excluding carboxylic acids is 5. The molecule has 6 rings (SSSR count). The molecule has 328 valence electrons. The van der Waals surface area contributed by atoms with Crippen LogP contribution in [0.3, 0.4) is 0 Å². The van der Waals surface area contributed by atoms with E-state index in [4.69, 9.17) is 19.7 Å². The molecule has 0 aromatic heterocycles. The molecule has 0 saturated heterocycles. The Morgan fingerprint density at radius 1 is 0.557 bits per heavy atom. The molecule has 3 aliphatic carbocycles. The van der Waals surface area contributed by atoms with Gasteiger partial charge >= 0.3 is 0 Å². The van der Waals surface area contributed by atoms with Gasteiger partial charge < -0.3 is 29.5 Å². The minimum atomic E-state index is -0.680. The molecule has 2 amide bonds. The number of hydrogen-bond donors (Lipinski definition) is 1. The van der Waals surface area contributed by atoms with Crippen molar-refractivity contribution >= 4 is 41.6 Å². The highest BCUT2D eigenvalue weighted by molar-refractivity contribution is 6.06. The number of ketones is 3. The van der Waals surface area contributed by atoms with Crippen LogP contribution in [-0.4, -0.2) is 78.2 Å². The molecule has 0 bridgehead atoms. The number of fused-ring (bicyclic) bond motifs is 3. The summed E-state index contributed by atoms with van der Waals surface area (Å²) in [5.74, 6) is -0.107. The SMILES string of the molecule is Cl.[C-]#[N+]C1=CC2(C)CNCC=C2C(C)(C)C1=O.[C-]#[N+]C1=C[C@@]2(C)CN(C(=O)C(C)(C)C)CC=C2C(C)(C)C1=O.[C-]#[N+]C1=C[C@]2(C)CN(C(=O)C(C)(C)C)CC=C2C(C)(C)C1=O. The number of halogens is 1. The molecule has 1 unspecified atom stereocenters. The van der Waals surface area contributed by atoms with Gasteiger partial charge in [0.2, 0.25) is 28.9 Å². The lowest BCUT2D eigenvalue weighted by Crippen LogP contribution is -2.52. The van der Waals surface area contributed by atoms with E-state index in [2.05, 4.69) is 32.9 Å². The average molecular weight is 854 g/mol. The second-order valence-electron chi connectivity index (χ2n) is 21.4. The van der Waals surface area contributed by atoms with Gasteiger partial charge in [0.15, 0.2) is 17.3 Å². The van der Waals surface area contributed by atoms with Crippen LogP contribution in [-0.2, 0) is 24.0 Å². The molecule has 1 N–H and O–H groups in total. The Kier molecular flexibility index (Phi) is 13.9. The third-order valence-electron chi connectivity index (χ3n) is 12.9. The summed E-state index contributed by atoms with van der Waals surface area (Å²) in [6, 6.07) is 0. The molecule has 3 heterocycles. The highest BCUT2D eigenvalue weighted by atomic mass is 35.5. The largest absolute Gasteiger partial charge is 0.337 e. The quantitative estimate of drug-likeness (QED) is 0.193. The Morgan fingerprint density at radius 3 is 1.15 bits per heavy atom. The third-order valence-corrected chi connectivity index (χ3v) is 12.9. The molecular weight excluding hydrogens is 788 g/mol. The molecule has 0 aromatic carbocycles. The summed E-state index contributed by atoms with van der Waals surface area (Å²) >= 11 is 0. The van der Waals surface area contributed by atoms with E-state index in [1.807, 2.05) is 125 Å². The van der Waals surface area contributed by atoms with Gasteiger partial charge in [0.25, 0.3) is 0 Å². The maximum Gasteiger partial charge on any atom is 0.228 e. The summed E-state index contributed by atoms with van der Waals surface area (Å²) in [5.41, 5.74) is 0.0101. The number of Topliss-reactive ketones (excluding diaryl/α,β-unsaturated/α-hetero) is 3. The van der Waals surface area contributed by atoms with Gasteiger partial charge in [-0.25, -0.2) is 14.5 Å². The molecule has 3 aliphatic heterocycles. The van der Waals surface area contributed by atoms with Gasteiger partial charge in [-0.05, 0) is 0 Å². The van der Waals surface area contributed by atoms with Crippen LogP contribution < -0.4 is 5.32 Å². The fraction of sp³-hybridized carbons (Fsp3) is 0.592. The van der Waals surface area contributed by atoms with Crippen LogP contribution in [0.4, 0.5) is 0 Å². The van der Waals surface area contributed by atoms with E-state index in [-0.39, 0.29) is 64.1 Å². The predicted molar refractivity (Wildman–Crippen MR) is 241 cm³/mol. The van der Waals surface area contributed by atoms with Crippen molar-refractivity contribution < 1.29 is 24.0 Å². The van der Waals surface area contributed by atoms with E-state index in [9.17, 15) is 24.0 Å². The standard InChI is InChI=1S/2C18H24N2O2.C13H16N2O.ClH/c2*1-16(2,3)15(22)20-9-8-13-17(4,5)14(21)12(19-7)10-18(13,6)11-20;1-12(2)10-5-6-15-8-13(10,3)7-9(14-4)11(12)16;/h2*8,10H,9,11H2,1-6H3;5,7,15H,6,8H2,1-3H3;1H/t2*18-;;/m10../s1. The van der Waals surface area contributed by atoms with E-state index in [0.29, 0.717) is 26.2 Å². The third kappa shape index (κ3) is 9.18. The lowest BCUT2D eigenvalue weighted by Gasteiger charge is -2.48. The second kappa shape index (κ2) is 16.8. The Bertz CT molecular complexity index is 2120. The lowest BCUT2D eigenvalue weighted by atomic mass is 9.61. The first-order valence-electron chi connectivity index (χ1n) is 20.7. The topological polar surface area (TPSA) is 117 Å². The van der Waals surface area contributed by atoms with Gasteiger partial charge in [-0.3, -0.25) is 9.59 Å². The van der Waals surface area contributed by atoms with Crippen molar-refractivity contribution in [3.8, 4) is 0 Å². The highest BCUT2D eigenvalue weighted by Gasteiger charge is 2.52.